The molecule has 1 heterocycles. The van der Waals surface area contributed by atoms with Crippen molar-refractivity contribution >= 4 is 29.9 Å². The molecule has 0 spiro atoms. The quantitative estimate of drug-likeness (QED) is 0.229. The molecule has 0 bridgehead atoms. The van der Waals surface area contributed by atoms with Gasteiger partial charge in [0, 0.05) is 32.8 Å². The number of aliphatic imine (C=N–C) groups is 1. The highest BCUT2D eigenvalue weighted by atomic mass is 127. The third-order valence-electron chi connectivity index (χ3n) is 4.77. The number of nitrogens with zero attached hydrogens (tertiary/aromatic N) is 2. The zero-order chi connectivity index (χ0) is 18.6. The van der Waals surface area contributed by atoms with Crippen molar-refractivity contribution in [1.82, 2.24) is 10.2 Å². The largest absolute Gasteiger partial charge is 0.497 e. The fraction of sp³-hybridized carbons (Fsp3) is 0.650. The Morgan fingerprint density at radius 2 is 1.96 bits per heavy atom. The molecule has 0 atom stereocenters. The molecular formula is C20H35IN4O2. The highest BCUT2D eigenvalue weighted by Crippen LogP contribution is 2.20. The van der Waals surface area contributed by atoms with Gasteiger partial charge in [-0.2, -0.15) is 0 Å². The Kier molecular flexibility index (Phi) is 12.4. The van der Waals surface area contributed by atoms with Gasteiger partial charge in [-0.3, -0.25) is 9.89 Å². The van der Waals surface area contributed by atoms with Crippen LogP contribution in [0.2, 0.25) is 0 Å². The van der Waals surface area contributed by atoms with Crippen LogP contribution in [0.5, 0.6) is 5.75 Å². The minimum Gasteiger partial charge on any atom is -0.497 e. The summed E-state index contributed by atoms with van der Waals surface area (Å²) < 4.78 is 10.5. The van der Waals surface area contributed by atoms with Crippen LogP contribution in [0.4, 0.5) is 0 Å². The van der Waals surface area contributed by atoms with Crippen LogP contribution >= 0.6 is 24.0 Å². The number of benzene rings is 1. The van der Waals surface area contributed by atoms with E-state index in [1.807, 2.05) is 19.1 Å². The molecule has 1 aliphatic rings. The van der Waals surface area contributed by atoms with Gasteiger partial charge in [0.2, 0.25) is 0 Å². The van der Waals surface area contributed by atoms with Crippen LogP contribution in [-0.2, 0) is 11.3 Å². The molecule has 2 rings (SSSR count). The topological polar surface area (TPSA) is 72.1 Å². The first kappa shape index (κ1) is 24.0. The summed E-state index contributed by atoms with van der Waals surface area (Å²) in [5, 5.41) is 3.16. The number of nitrogens with two attached hydrogens (primary N) is 1. The lowest BCUT2D eigenvalue weighted by molar-refractivity contribution is 0.145. The van der Waals surface area contributed by atoms with Gasteiger partial charge in [0.1, 0.15) is 5.75 Å². The van der Waals surface area contributed by atoms with Crippen molar-refractivity contribution in [2.24, 2.45) is 16.6 Å². The van der Waals surface area contributed by atoms with Gasteiger partial charge in [-0.25, -0.2) is 0 Å². The number of ether oxygens (including phenoxy) is 2. The Hall–Kier alpha value is -1.06. The minimum absolute atomic E-state index is 0. The van der Waals surface area contributed by atoms with Crippen molar-refractivity contribution < 1.29 is 9.47 Å². The lowest BCUT2D eigenvalue weighted by Crippen LogP contribution is -2.36. The summed E-state index contributed by atoms with van der Waals surface area (Å²) in [6.45, 7) is 8.41. The van der Waals surface area contributed by atoms with Crippen LogP contribution in [0, 0.1) is 5.92 Å². The summed E-state index contributed by atoms with van der Waals surface area (Å²) >= 11 is 0. The Labute approximate surface area is 180 Å². The molecular weight excluding hydrogens is 455 g/mol. The second-order valence-electron chi connectivity index (χ2n) is 6.77. The molecule has 7 heteroatoms. The van der Waals surface area contributed by atoms with Gasteiger partial charge in [-0.15, -0.1) is 24.0 Å². The highest BCUT2D eigenvalue weighted by Gasteiger charge is 2.19. The lowest BCUT2D eigenvalue weighted by atomic mass is 9.96. The Balaban J connectivity index is 0.00000364. The molecule has 0 amide bonds. The van der Waals surface area contributed by atoms with Gasteiger partial charge in [0.05, 0.1) is 7.11 Å². The molecule has 1 aromatic carbocycles. The van der Waals surface area contributed by atoms with E-state index < -0.39 is 0 Å². The number of rotatable bonds is 10. The first-order valence-electron chi connectivity index (χ1n) is 9.68. The van der Waals surface area contributed by atoms with Crippen LogP contribution in [-0.4, -0.2) is 57.4 Å². The summed E-state index contributed by atoms with van der Waals surface area (Å²) in [5.41, 5.74) is 7.27. The third-order valence-corrected chi connectivity index (χ3v) is 4.77. The SMILES string of the molecule is CCOCCCNC(N)=NCC1CCN(Cc2ccc(OC)cc2)CC1.I. The number of hydrogen-bond acceptors (Lipinski definition) is 4. The molecule has 1 aromatic rings. The standard InChI is InChI=1S/C20H34N4O2.HI/c1-3-26-14-4-11-22-20(21)23-15-17-9-12-24(13-10-17)16-18-5-7-19(25-2)8-6-18;/h5-8,17H,3-4,9-16H2,1-2H3,(H3,21,22,23);1H. The first-order valence-corrected chi connectivity index (χ1v) is 9.68. The maximum Gasteiger partial charge on any atom is 0.188 e. The minimum atomic E-state index is 0. The van der Waals surface area contributed by atoms with Crippen molar-refractivity contribution in [3.8, 4) is 5.75 Å². The van der Waals surface area contributed by atoms with Gasteiger partial charge in [0.15, 0.2) is 5.96 Å². The molecule has 6 nitrogen and oxygen atoms in total. The Morgan fingerprint density at radius 3 is 2.59 bits per heavy atom. The average Bonchev–Trinajstić information content (AvgIpc) is 2.68. The van der Waals surface area contributed by atoms with E-state index in [0.29, 0.717) is 11.9 Å². The fourth-order valence-corrected chi connectivity index (χ4v) is 3.13. The molecule has 0 aliphatic carbocycles. The molecule has 0 unspecified atom stereocenters. The highest BCUT2D eigenvalue weighted by molar-refractivity contribution is 14.0. The maximum absolute atomic E-state index is 5.94. The van der Waals surface area contributed by atoms with Crippen molar-refractivity contribution in [1.29, 1.82) is 0 Å². The Morgan fingerprint density at radius 1 is 1.26 bits per heavy atom. The van der Waals surface area contributed by atoms with E-state index in [1.54, 1.807) is 7.11 Å². The normalized spacial score (nSPS) is 16.0. The van der Waals surface area contributed by atoms with E-state index in [9.17, 15) is 0 Å². The number of nitrogens with one attached hydrogen (secondary N) is 1. The van der Waals surface area contributed by atoms with E-state index in [0.717, 1.165) is 58.1 Å². The van der Waals surface area contributed by atoms with E-state index in [2.05, 4.69) is 27.3 Å². The molecule has 154 valence electrons. The Bertz CT molecular complexity index is 531. The molecule has 1 fully saturated rings. The van der Waals surface area contributed by atoms with Crippen molar-refractivity contribution in [2.75, 3.05) is 46.5 Å². The van der Waals surface area contributed by atoms with Gasteiger partial charge < -0.3 is 20.5 Å². The zero-order valence-corrected chi connectivity index (χ0v) is 19.0. The van der Waals surface area contributed by atoms with Crippen molar-refractivity contribution in [2.45, 2.75) is 32.7 Å². The van der Waals surface area contributed by atoms with Gasteiger partial charge in [0.25, 0.3) is 0 Å². The predicted molar refractivity (Wildman–Crippen MR) is 122 cm³/mol. The van der Waals surface area contributed by atoms with E-state index in [-0.39, 0.29) is 24.0 Å². The summed E-state index contributed by atoms with van der Waals surface area (Å²) in [6, 6.07) is 8.35. The second kappa shape index (κ2) is 14.0. The number of guanidine groups is 1. The number of piperidine rings is 1. The zero-order valence-electron chi connectivity index (χ0n) is 16.7. The van der Waals surface area contributed by atoms with Crippen LogP contribution in [0.1, 0.15) is 31.7 Å². The van der Waals surface area contributed by atoms with Gasteiger partial charge in [-0.05, 0) is 62.9 Å². The van der Waals surface area contributed by atoms with E-state index >= 15 is 0 Å². The summed E-state index contributed by atoms with van der Waals surface area (Å²) in [4.78, 5) is 7.02. The maximum atomic E-state index is 5.94. The molecule has 0 radical (unpaired) electrons. The molecule has 27 heavy (non-hydrogen) atoms. The van der Waals surface area contributed by atoms with Gasteiger partial charge in [-0.1, -0.05) is 12.1 Å². The third kappa shape index (κ3) is 9.62. The number of methoxy groups -OCH3 is 1. The second-order valence-corrected chi connectivity index (χ2v) is 6.77. The molecule has 0 aromatic heterocycles. The van der Waals surface area contributed by atoms with Crippen molar-refractivity contribution in [3.63, 3.8) is 0 Å². The molecule has 1 saturated heterocycles. The van der Waals surface area contributed by atoms with Crippen LogP contribution in [0.15, 0.2) is 29.3 Å². The predicted octanol–water partition coefficient (Wildman–Crippen LogP) is 2.86. The van der Waals surface area contributed by atoms with Crippen LogP contribution < -0.4 is 15.8 Å². The number of hydrogen-bond donors (Lipinski definition) is 2. The van der Waals surface area contributed by atoms with Crippen LogP contribution in [0.25, 0.3) is 0 Å². The average molecular weight is 490 g/mol. The van der Waals surface area contributed by atoms with E-state index in [1.165, 1.54) is 18.4 Å². The van der Waals surface area contributed by atoms with Gasteiger partial charge >= 0.3 is 0 Å². The summed E-state index contributed by atoms with van der Waals surface area (Å²) in [5.74, 6) is 2.10. The molecule has 0 saturated carbocycles. The fourth-order valence-electron chi connectivity index (χ4n) is 3.13. The number of halogens is 1. The molecule has 1 aliphatic heterocycles. The van der Waals surface area contributed by atoms with Crippen molar-refractivity contribution in [3.05, 3.63) is 29.8 Å². The first-order chi connectivity index (χ1) is 12.7. The summed E-state index contributed by atoms with van der Waals surface area (Å²) in [7, 11) is 1.70. The molecule has 3 N–H and O–H groups in total. The monoisotopic (exact) mass is 490 g/mol. The smallest absolute Gasteiger partial charge is 0.188 e. The lowest BCUT2D eigenvalue weighted by Gasteiger charge is -2.31. The van der Waals surface area contributed by atoms with Crippen LogP contribution in [0.3, 0.4) is 0 Å². The summed E-state index contributed by atoms with van der Waals surface area (Å²) in [6.07, 6.45) is 3.31. The van der Waals surface area contributed by atoms with E-state index in [4.69, 9.17) is 15.2 Å². The number of likely N-dealkylation sites (tertiary alicyclic amines) is 1.